The predicted octanol–water partition coefficient (Wildman–Crippen LogP) is 0.912. The van der Waals surface area contributed by atoms with Crippen LogP contribution in [0, 0.1) is 0 Å². The maximum absolute atomic E-state index is 11.3. The van der Waals surface area contributed by atoms with E-state index < -0.39 is 9.84 Å². The number of sulfone groups is 1. The summed E-state index contributed by atoms with van der Waals surface area (Å²) >= 11 is 0. The molecule has 1 aromatic rings. The van der Waals surface area contributed by atoms with Crippen molar-refractivity contribution in [2.24, 2.45) is 4.99 Å². The molecule has 0 fully saturated rings. The number of amidine groups is 1. The van der Waals surface area contributed by atoms with Crippen molar-refractivity contribution in [3.05, 3.63) is 29.8 Å². The van der Waals surface area contributed by atoms with Gasteiger partial charge in [0, 0.05) is 12.7 Å². The Kier molecular flexibility index (Phi) is 3.17. The van der Waals surface area contributed by atoms with Gasteiger partial charge in [-0.1, -0.05) is 12.1 Å². The number of nitrogens with one attached hydrogen (secondary N) is 1. The third-order valence-electron chi connectivity index (χ3n) is 2.44. The Labute approximate surface area is 100 Å². The Morgan fingerprint density at radius 2 is 2.00 bits per heavy atom. The van der Waals surface area contributed by atoms with Gasteiger partial charge in [-0.2, -0.15) is 0 Å². The third-order valence-corrected chi connectivity index (χ3v) is 3.57. The summed E-state index contributed by atoms with van der Waals surface area (Å²) < 4.78 is 22.6. The lowest BCUT2D eigenvalue weighted by Gasteiger charge is -2.06. The van der Waals surface area contributed by atoms with E-state index in [4.69, 9.17) is 4.84 Å². The van der Waals surface area contributed by atoms with E-state index in [-0.39, 0.29) is 6.23 Å². The molecule has 0 saturated heterocycles. The molecule has 0 radical (unpaired) electrons. The van der Waals surface area contributed by atoms with Gasteiger partial charge in [0.05, 0.1) is 4.90 Å². The summed E-state index contributed by atoms with van der Waals surface area (Å²) in [5.74, 6) is 0.753. The minimum absolute atomic E-state index is 0.237. The fraction of sp³-hybridized carbons (Fsp3) is 0.364. The van der Waals surface area contributed by atoms with Gasteiger partial charge in [0.25, 0.3) is 0 Å². The molecule has 0 saturated carbocycles. The number of nitrogens with zero attached hydrogens (tertiary/aromatic N) is 1. The molecule has 1 unspecified atom stereocenters. The molecular formula is C11H14N2O3S. The zero-order valence-electron chi connectivity index (χ0n) is 9.67. The quantitative estimate of drug-likeness (QED) is 0.870. The van der Waals surface area contributed by atoms with Crippen LogP contribution in [0.5, 0.6) is 0 Å². The molecule has 1 atom stereocenters. The number of hydrogen-bond donors (Lipinski definition) is 1. The van der Waals surface area contributed by atoms with Gasteiger partial charge in [-0.05, 0) is 24.6 Å². The SMILES string of the molecule is CC1=NC(Cc2ccc(S(C)(=O)=O)cc2)ON1. The second kappa shape index (κ2) is 4.46. The van der Waals surface area contributed by atoms with E-state index in [0.29, 0.717) is 11.3 Å². The Bertz CT molecular complexity index is 534. The summed E-state index contributed by atoms with van der Waals surface area (Å²) in [6.45, 7) is 1.83. The van der Waals surface area contributed by atoms with Crippen LogP contribution in [0.25, 0.3) is 0 Å². The van der Waals surface area contributed by atoms with Gasteiger partial charge >= 0.3 is 0 Å². The van der Waals surface area contributed by atoms with Crippen LogP contribution in [0.2, 0.25) is 0 Å². The lowest BCUT2D eigenvalue weighted by molar-refractivity contribution is 0.0386. The first-order chi connectivity index (χ1) is 7.95. The molecular weight excluding hydrogens is 240 g/mol. The number of benzene rings is 1. The normalized spacial score (nSPS) is 19.9. The summed E-state index contributed by atoms with van der Waals surface area (Å²) in [6.07, 6.45) is 1.58. The van der Waals surface area contributed by atoms with Crippen LogP contribution < -0.4 is 5.48 Å². The number of hydroxylamine groups is 1. The molecule has 1 N–H and O–H groups in total. The second-order valence-corrected chi connectivity index (χ2v) is 6.03. The molecule has 1 aliphatic rings. The first kappa shape index (κ1) is 12.1. The molecule has 0 spiro atoms. The highest BCUT2D eigenvalue weighted by atomic mass is 32.2. The van der Waals surface area contributed by atoms with E-state index in [1.54, 1.807) is 24.3 Å². The Morgan fingerprint density at radius 1 is 1.35 bits per heavy atom. The largest absolute Gasteiger partial charge is 0.251 e. The van der Waals surface area contributed by atoms with Crippen molar-refractivity contribution in [3.8, 4) is 0 Å². The van der Waals surface area contributed by atoms with Crippen LogP contribution in [0.15, 0.2) is 34.2 Å². The van der Waals surface area contributed by atoms with Crippen LogP contribution >= 0.6 is 0 Å². The predicted molar refractivity (Wildman–Crippen MR) is 64.4 cm³/mol. The van der Waals surface area contributed by atoms with Crippen LogP contribution in [0.1, 0.15) is 12.5 Å². The van der Waals surface area contributed by atoms with Crippen LogP contribution in [-0.4, -0.2) is 26.7 Å². The van der Waals surface area contributed by atoms with Crippen molar-refractivity contribution < 1.29 is 13.3 Å². The summed E-state index contributed by atoms with van der Waals surface area (Å²) in [5.41, 5.74) is 3.67. The van der Waals surface area contributed by atoms with Gasteiger partial charge in [0.2, 0.25) is 0 Å². The average Bonchev–Trinajstić information content (AvgIpc) is 2.63. The minimum Gasteiger partial charge on any atom is -0.251 e. The summed E-state index contributed by atoms with van der Waals surface area (Å²) in [5, 5.41) is 0. The van der Waals surface area contributed by atoms with Crippen molar-refractivity contribution in [1.82, 2.24) is 5.48 Å². The molecule has 6 heteroatoms. The highest BCUT2D eigenvalue weighted by molar-refractivity contribution is 7.90. The zero-order chi connectivity index (χ0) is 12.5. The lowest BCUT2D eigenvalue weighted by atomic mass is 10.1. The Balaban J connectivity index is 2.09. The second-order valence-electron chi connectivity index (χ2n) is 4.01. The molecule has 1 aromatic carbocycles. The van der Waals surface area contributed by atoms with Crippen molar-refractivity contribution in [2.45, 2.75) is 24.5 Å². The van der Waals surface area contributed by atoms with Gasteiger partial charge in [0.15, 0.2) is 16.1 Å². The van der Waals surface area contributed by atoms with E-state index >= 15 is 0 Å². The Morgan fingerprint density at radius 3 is 2.47 bits per heavy atom. The van der Waals surface area contributed by atoms with E-state index in [1.165, 1.54) is 6.26 Å². The molecule has 0 aromatic heterocycles. The molecule has 5 nitrogen and oxygen atoms in total. The smallest absolute Gasteiger partial charge is 0.181 e. The molecule has 0 amide bonds. The standard InChI is InChI=1S/C11H14N2O3S/c1-8-12-11(16-13-8)7-9-3-5-10(6-4-9)17(2,14)15/h3-6,11H,7H2,1-2H3,(H,12,13). The first-order valence-corrected chi connectivity index (χ1v) is 7.09. The number of hydrogen-bond acceptors (Lipinski definition) is 5. The number of aliphatic imine (C=N–C) groups is 1. The average molecular weight is 254 g/mol. The molecule has 0 aliphatic carbocycles. The van der Waals surface area contributed by atoms with Crippen molar-refractivity contribution >= 4 is 15.7 Å². The van der Waals surface area contributed by atoms with Crippen molar-refractivity contribution in [1.29, 1.82) is 0 Å². The van der Waals surface area contributed by atoms with Gasteiger partial charge < -0.3 is 0 Å². The number of rotatable bonds is 3. The fourth-order valence-corrected chi connectivity index (χ4v) is 2.21. The fourth-order valence-electron chi connectivity index (χ4n) is 1.58. The monoisotopic (exact) mass is 254 g/mol. The van der Waals surface area contributed by atoms with E-state index in [9.17, 15) is 8.42 Å². The van der Waals surface area contributed by atoms with Crippen LogP contribution in [0.3, 0.4) is 0 Å². The third kappa shape index (κ3) is 3.04. The molecule has 0 bridgehead atoms. The molecule has 92 valence electrons. The Hall–Kier alpha value is -1.40. The van der Waals surface area contributed by atoms with E-state index in [1.807, 2.05) is 6.92 Å². The molecule has 1 heterocycles. The minimum atomic E-state index is -3.13. The first-order valence-electron chi connectivity index (χ1n) is 5.20. The van der Waals surface area contributed by atoms with Crippen molar-refractivity contribution in [2.75, 3.05) is 6.26 Å². The highest BCUT2D eigenvalue weighted by Gasteiger charge is 2.15. The summed E-state index contributed by atoms with van der Waals surface area (Å²) in [6, 6.07) is 6.76. The zero-order valence-corrected chi connectivity index (χ0v) is 10.5. The van der Waals surface area contributed by atoms with Gasteiger partial charge in [0.1, 0.15) is 5.84 Å². The topological polar surface area (TPSA) is 67.8 Å². The van der Waals surface area contributed by atoms with Crippen molar-refractivity contribution in [3.63, 3.8) is 0 Å². The van der Waals surface area contributed by atoms with Gasteiger partial charge in [-0.25, -0.2) is 18.2 Å². The maximum Gasteiger partial charge on any atom is 0.181 e. The van der Waals surface area contributed by atoms with Gasteiger partial charge in [-0.15, -0.1) is 0 Å². The van der Waals surface area contributed by atoms with E-state index in [2.05, 4.69) is 10.5 Å². The summed E-state index contributed by atoms with van der Waals surface area (Å²) in [4.78, 5) is 9.74. The van der Waals surface area contributed by atoms with Crippen LogP contribution in [-0.2, 0) is 21.1 Å². The van der Waals surface area contributed by atoms with Gasteiger partial charge in [-0.3, -0.25) is 5.48 Å². The molecule has 1 aliphatic heterocycles. The molecule has 2 rings (SSSR count). The molecule has 17 heavy (non-hydrogen) atoms. The maximum atomic E-state index is 11.3. The lowest BCUT2D eigenvalue weighted by Crippen LogP contribution is -2.17. The summed E-state index contributed by atoms with van der Waals surface area (Å²) in [7, 11) is -3.13. The highest BCUT2D eigenvalue weighted by Crippen LogP contribution is 2.14. The van der Waals surface area contributed by atoms with Crippen LogP contribution in [0.4, 0.5) is 0 Å². The van der Waals surface area contributed by atoms with E-state index in [0.717, 1.165) is 11.4 Å².